The molecular weight excluding hydrogens is 336 g/mol. The first-order valence-electron chi connectivity index (χ1n) is 6.24. The van der Waals surface area contributed by atoms with Crippen LogP contribution in [0.4, 0.5) is 5.69 Å². The predicted octanol–water partition coefficient (Wildman–Crippen LogP) is 3.25. The molecule has 2 rings (SSSR count). The van der Waals surface area contributed by atoms with Crippen LogP contribution < -0.4 is 10.1 Å². The first kappa shape index (κ1) is 15.3. The molecule has 2 aromatic rings. The number of nitrogens with one attached hydrogen (secondary N) is 1. The molecule has 1 heterocycles. The Morgan fingerprint density at radius 3 is 2.71 bits per heavy atom. The summed E-state index contributed by atoms with van der Waals surface area (Å²) in [6, 6.07) is 9.16. The normalized spacial score (nSPS) is 10.0. The SMILES string of the molecule is COC(=O)c1ccc(CNc2cc(OC)ccc2Br)nc1. The van der Waals surface area contributed by atoms with Crippen molar-refractivity contribution in [3.05, 3.63) is 52.3 Å². The number of rotatable bonds is 5. The summed E-state index contributed by atoms with van der Waals surface area (Å²) in [6.07, 6.45) is 1.50. The number of hydrogen-bond donors (Lipinski definition) is 1. The molecule has 1 N–H and O–H groups in total. The summed E-state index contributed by atoms with van der Waals surface area (Å²) in [7, 11) is 2.97. The minimum Gasteiger partial charge on any atom is -0.497 e. The van der Waals surface area contributed by atoms with Crippen molar-refractivity contribution in [2.75, 3.05) is 19.5 Å². The fourth-order valence-corrected chi connectivity index (χ4v) is 2.11. The molecule has 0 aliphatic heterocycles. The molecule has 0 saturated carbocycles. The lowest BCUT2D eigenvalue weighted by molar-refractivity contribution is 0.0600. The van der Waals surface area contributed by atoms with E-state index in [0.29, 0.717) is 12.1 Å². The minimum absolute atomic E-state index is 0.391. The second-order valence-electron chi connectivity index (χ2n) is 4.23. The predicted molar refractivity (Wildman–Crippen MR) is 83.6 cm³/mol. The molecule has 0 unspecified atom stereocenters. The van der Waals surface area contributed by atoms with Gasteiger partial charge in [-0.2, -0.15) is 0 Å². The number of carbonyl (C=O) groups excluding carboxylic acids is 1. The first-order valence-corrected chi connectivity index (χ1v) is 7.04. The van der Waals surface area contributed by atoms with Crippen LogP contribution >= 0.6 is 15.9 Å². The number of esters is 1. The molecule has 0 radical (unpaired) electrons. The Balaban J connectivity index is 2.04. The first-order chi connectivity index (χ1) is 10.1. The number of aromatic nitrogens is 1. The fraction of sp³-hybridized carbons (Fsp3) is 0.200. The number of benzene rings is 1. The Hall–Kier alpha value is -2.08. The van der Waals surface area contributed by atoms with Crippen molar-refractivity contribution < 1.29 is 14.3 Å². The van der Waals surface area contributed by atoms with Crippen molar-refractivity contribution in [1.82, 2.24) is 4.98 Å². The number of methoxy groups -OCH3 is 2. The van der Waals surface area contributed by atoms with Crippen LogP contribution in [0.1, 0.15) is 16.1 Å². The van der Waals surface area contributed by atoms with Gasteiger partial charge in [-0.25, -0.2) is 4.79 Å². The lowest BCUT2D eigenvalue weighted by Gasteiger charge is -2.10. The highest BCUT2D eigenvalue weighted by atomic mass is 79.9. The zero-order valence-corrected chi connectivity index (χ0v) is 13.3. The molecule has 0 fully saturated rings. The molecule has 0 amide bonds. The van der Waals surface area contributed by atoms with Crippen LogP contribution in [0.5, 0.6) is 5.75 Å². The Kier molecular flexibility index (Phi) is 5.16. The van der Waals surface area contributed by atoms with Gasteiger partial charge in [0.2, 0.25) is 0 Å². The zero-order valence-electron chi connectivity index (χ0n) is 11.7. The average Bonchev–Trinajstić information content (AvgIpc) is 2.54. The number of anilines is 1. The summed E-state index contributed by atoms with van der Waals surface area (Å²) in [5.41, 5.74) is 2.16. The van der Waals surface area contributed by atoms with Crippen LogP contribution in [0.3, 0.4) is 0 Å². The van der Waals surface area contributed by atoms with Gasteiger partial charge in [0, 0.05) is 16.7 Å². The van der Waals surface area contributed by atoms with E-state index in [2.05, 4.69) is 31.0 Å². The van der Waals surface area contributed by atoms with Gasteiger partial charge in [0.1, 0.15) is 5.75 Å². The van der Waals surface area contributed by atoms with Crippen LogP contribution in [0, 0.1) is 0 Å². The van der Waals surface area contributed by atoms with Crippen LogP contribution in [-0.2, 0) is 11.3 Å². The number of carbonyl (C=O) groups is 1. The van der Waals surface area contributed by atoms with Crippen molar-refractivity contribution in [2.24, 2.45) is 0 Å². The number of ether oxygens (including phenoxy) is 2. The van der Waals surface area contributed by atoms with E-state index in [4.69, 9.17) is 4.74 Å². The van der Waals surface area contributed by atoms with E-state index in [-0.39, 0.29) is 0 Å². The third kappa shape index (κ3) is 3.95. The maximum Gasteiger partial charge on any atom is 0.339 e. The second kappa shape index (κ2) is 7.08. The number of halogens is 1. The summed E-state index contributed by atoms with van der Waals surface area (Å²) in [5.74, 6) is 0.382. The monoisotopic (exact) mass is 350 g/mol. The van der Waals surface area contributed by atoms with Gasteiger partial charge in [-0.15, -0.1) is 0 Å². The standard InChI is InChI=1S/C15H15BrN2O3/c1-20-12-5-6-13(16)14(7-12)18-9-11-4-3-10(8-17-11)15(19)21-2/h3-8,18H,9H2,1-2H3. The van der Waals surface area contributed by atoms with E-state index >= 15 is 0 Å². The van der Waals surface area contributed by atoms with E-state index < -0.39 is 5.97 Å². The summed E-state index contributed by atoms with van der Waals surface area (Å²) >= 11 is 3.47. The van der Waals surface area contributed by atoms with E-state index in [1.54, 1.807) is 19.2 Å². The third-order valence-electron chi connectivity index (χ3n) is 2.88. The minimum atomic E-state index is -0.391. The molecule has 0 spiro atoms. The highest BCUT2D eigenvalue weighted by molar-refractivity contribution is 9.10. The Bertz CT molecular complexity index is 629. The molecule has 5 nitrogen and oxygen atoms in total. The lowest BCUT2D eigenvalue weighted by Crippen LogP contribution is -2.05. The van der Waals surface area contributed by atoms with E-state index in [9.17, 15) is 4.79 Å². The Morgan fingerprint density at radius 1 is 1.29 bits per heavy atom. The van der Waals surface area contributed by atoms with Crippen molar-refractivity contribution in [1.29, 1.82) is 0 Å². The smallest absolute Gasteiger partial charge is 0.339 e. The molecule has 0 atom stereocenters. The topological polar surface area (TPSA) is 60.5 Å². The number of nitrogens with zero attached hydrogens (tertiary/aromatic N) is 1. The molecule has 0 aliphatic carbocycles. The molecule has 21 heavy (non-hydrogen) atoms. The van der Waals surface area contributed by atoms with Crippen LogP contribution in [0.2, 0.25) is 0 Å². The largest absolute Gasteiger partial charge is 0.497 e. The van der Waals surface area contributed by atoms with Gasteiger partial charge in [0.15, 0.2) is 0 Å². The highest BCUT2D eigenvalue weighted by Crippen LogP contribution is 2.27. The molecular formula is C15H15BrN2O3. The molecule has 6 heteroatoms. The van der Waals surface area contributed by atoms with Crippen molar-refractivity contribution in [3.63, 3.8) is 0 Å². The number of pyridine rings is 1. The highest BCUT2D eigenvalue weighted by Gasteiger charge is 2.06. The van der Waals surface area contributed by atoms with E-state index in [1.807, 2.05) is 18.2 Å². The van der Waals surface area contributed by atoms with Crippen LogP contribution in [-0.4, -0.2) is 25.2 Å². The summed E-state index contributed by atoms with van der Waals surface area (Å²) in [4.78, 5) is 15.5. The summed E-state index contributed by atoms with van der Waals surface area (Å²) in [6.45, 7) is 0.535. The fourth-order valence-electron chi connectivity index (χ4n) is 1.72. The third-order valence-corrected chi connectivity index (χ3v) is 3.57. The lowest BCUT2D eigenvalue weighted by atomic mass is 10.2. The Labute approximate surface area is 131 Å². The zero-order chi connectivity index (χ0) is 15.2. The molecule has 0 aliphatic rings. The van der Waals surface area contributed by atoms with Gasteiger partial charge < -0.3 is 14.8 Å². The van der Waals surface area contributed by atoms with Crippen molar-refractivity contribution >= 4 is 27.6 Å². The molecule has 1 aromatic heterocycles. The van der Waals surface area contributed by atoms with E-state index in [1.165, 1.54) is 13.3 Å². The van der Waals surface area contributed by atoms with Gasteiger partial charge in [-0.3, -0.25) is 4.98 Å². The maximum atomic E-state index is 11.3. The van der Waals surface area contributed by atoms with Crippen molar-refractivity contribution in [2.45, 2.75) is 6.54 Å². The van der Waals surface area contributed by atoms with Gasteiger partial charge >= 0.3 is 5.97 Å². The van der Waals surface area contributed by atoms with Crippen LogP contribution in [0.15, 0.2) is 41.0 Å². The van der Waals surface area contributed by atoms with Gasteiger partial charge in [-0.1, -0.05) is 0 Å². The summed E-state index contributed by atoms with van der Waals surface area (Å²) in [5, 5.41) is 3.26. The molecule has 1 aromatic carbocycles. The molecule has 110 valence electrons. The quantitative estimate of drug-likeness (QED) is 0.838. The summed E-state index contributed by atoms with van der Waals surface area (Å²) < 4.78 is 10.8. The van der Waals surface area contributed by atoms with Crippen LogP contribution in [0.25, 0.3) is 0 Å². The molecule has 0 saturated heterocycles. The van der Waals surface area contributed by atoms with Crippen molar-refractivity contribution in [3.8, 4) is 5.75 Å². The number of hydrogen-bond acceptors (Lipinski definition) is 5. The van der Waals surface area contributed by atoms with Gasteiger partial charge in [0.05, 0.1) is 37.7 Å². The van der Waals surface area contributed by atoms with E-state index in [0.717, 1.165) is 21.6 Å². The van der Waals surface area contributed by atoms with Gasteiger partial charge in [-0.05, 0) is 40.2 Å². The average molecular weight is 351 g/mol. The maximum absolute atomic E-state index is 11.3. The van der Waals surface area contributed by atoms with Gasteiger partial charge in [0.25, 0.3) is 0 Å². The Morgan fingerprint density at radius 2 is 2.10 bits per heavy atom. The molecule has 0 bridgehead atoms. The second-order valence-corrected chi connectivity index (χ2v) is 5.08.